The summed E-state index contributed by atoms with van der Waals surface area (Å²) in [7, 11) is 0. The van der Waals surface area contributed by atoms with Gasteiger partial charge >= 0.3 is 0 Å². The van der Waals surface area contributed by atoms with Crippen LogP contribution in [0.25, 0.3) is 61.2 Å². The Bertz CT molecular complexity index is 1590. The molecule has 5 aromatic carbocycles. The third kappa shape index (κ3) is 2.67. The molecule has 0 saturated heterocycles. The Morgan fingerprint density at radius 1 is 0.500 bits per heavy atom. The van der Waals surface area contributed by atoms with Gasteiger partial charge in [0.25, 0.3) is 0 Å². The summed E-state index contributed by atoms with van der Waals surface area (Å²) >= 11 is 0. The second-order valence-corrected chi connectivity index (χ2v) is 9.06. The lowest BCUT2D eigenvalue weighted by molar-refractivity contribution is 1.09. The maximum atomic E-state index is 2.48. The molecule has 0 fully saturated rings. The highest BCUT2D eigenvalue weighted by Gasteiger charge is 2.33. The molecule has 0 radical (unpaired) electrons. The molecular weight excluding hydrogens is 410 g/mol. The number of fused-ring (bicyclic) bond motifs is 3. The molecule has 7 rings (SSSR count). The number of benzene rings is 5. The third-order valence-corrected chi connectivity index (χ3v) is 6.97. The van der Waals surface area contributed by atoms with Crippen molar-refractivity contribution in [3.63, 3.8) is 0 Å². The molecule has 1 heterocycles. The molecule has 1 aliphatic rings. The molecule has 0 saturated carbocycles. The molecular formula is C33H23N. The average molecular weight is 434 g/mol. The van der Waals surface area contributed by atoms with Crippen molar-refractivity contribution >= 4 is 10.8 Å². The van der Waals surface area contributed by atoms with E-state index in [2.05, 4.69) is 133 Å². The van der Waals surface area contributed by atoms with E-state index in [1.54, 1.807) is 0 Å². The number of rotatable bonds is 3. The van der Waals surface area contributed by atoms with Gasteiger partial charge in [-0.15, -0.1) is 0 Å². The smallest absolute Gasteiger partial charge is 0.0620 e. The molecule has 1 nitrogen and oxygen atoms in total. The van der Waals surface area contributed by atoms with Crippen LogP contribution in [0.1, 0.15) is 5.56 Å². The van der Waals surface area contributed by atoms with Crippen molar-refractivity contribution in [1.29, 1.82) is 0 Å². The van der Waals surface area contributed by atoms with E-state index in [0.717, 1.165) is 0 Å². The van der Waals surface area contributed by atoms with E-state index in [0.29, 0.717) is 0 Å². The van der Waals surface area contributed by atoms with E-state index in [4.69, 9.17) is 0 Å². The largest absolute Gasteiger partial charge is 0.308 e. The molecule has 0 aliphatic heterocycles. The number of aromatic nitrogens is 1. The SMILES string of the molecule is Cc1cccc(-n2c(-c3ccccc3)c3c(c2-c2ccccc2)-c2cccc4cccc-3c24)c1. The first-order valence-electron chi connectivity index (χ1n) is 11.8. The van der Waals surface area contributed by atoms with Gasteiger partial charge in [-0.1, -0.05) is 109 Å². The van der Waals surface area contributed by atoms with Gasteiger partial charge in [-0.3, -0.25) is 0 Å². The zero-order valence-corrected chi connectivity index (χ0v) is 19.0. The van der Waals surface area contributed by atoms with Crippen molar-refractivity contribution in [3.8, 4) is 50.5 Å². The summed E-state index contributed by atoms with van der Waals surface area (Å²) in [4.78, 5) is 0. The van der Waals surface area contributed by atoms with Gasteiger partial charge in [0.05, 0.1) is 11.4 Å². The molecule has 0 amide bonds. The number of hydrogen-bond donors (Lipinski definition) is 0. The molecule has 0 bridgehead atoms. The fourth-order valence-electron chi connectivity index (χ4n) is 5.62. The Balaban J connectivity index is 1.72. The lowest BCUT2D eigenvalue weighted by Gasteiger charge is -2.17. The summed E-state index contributed by atoms with van der Waals surface area (Å²) in [5.41, 5.74) is 12.7. The van der Waals surface area contributed by atoms with Crippen molar-refractivity contribution < 1.29 is 0 Å². The molecule has 1 aliphatic carbocycles. The predicted octanol–water partition coefficient (Wildman–Crippen LogP) is 8.92. The van der Waals surface area contributed by atoms with Crippen LogP contribution in [0.4, 0.5) is 0 Å². The fraction of sp³-hybridized carbons (Fsp3) is 0.0303. The highest BCUT2D eigenvalue weighted by molar-refractivity contribution is 6.21. The maximum absolute atomic E-state index is 2.48. The van der Waals surface area contributed by atoms with Gasteiger partial charge in [0.15, 0.2) is 0 Å². The first-order chi connectivity index (χ1) is 16.8. The molecule has 0 N–H and O–H groups in total. The van der Waals surface area contributed by atoms with Crippen LogP contribution in [0, 0.1) is 6.92 Å². The Morgan fingerprint density at radius 3 is 1.56 bits per heavy atom. The van der Waals surface area contributed by atoms with E-state index < -0.39 is 0 Å². The zero-order chi connectivity index (χ0) is 22.6. The molecule has 1 heteroatoms. The standard InChI is InChI=1S/C33H23N/c1-22-11-8-18-26(21-22)34-32(24-12-4-2-5-13-24)30-27-19-9-16-23-17-10-20-28(29(23)27)31(30)33(34)25-14-6-3-7-15-25/h2-21H,1H3. The predicted molar refractivity (Wildman–Crippen MR) is 143 cm³/mol. The van der Waals surface area contributed by atoms with Gasteiger partial charge in [0, 0.05) is 16.8 Å². The van der Waals surface area contributed by atoms with Crippen molar-refractivity contribution in [2.24, 2.45) is 0 Å². The molecule has 160 valence electrons. The van der Waals surface area contributed by atoms with Gasteiger partial charge in [-0.2, -0.15) is 0 Å². The Labute approximate surface area is 199 Å². The second kappa shape index (κ2) is 7.33. The van der Waals surface area contributed by atoms with Crippen LogP contribution in [0.2, 0.25) is 0 Å². The van der Waals surface area contributed by atoms with Gasteiger partial charge < -0.3 is 4.57 Å². The lowest BCUT2D eigenvalue weighted by atomic mass is 9.99. The minimum atomic E-state index is 1.19. The monoisotopic (exact) mass is 433 g/mol. The topological polar surface area (TPSA) is 4.93 Å². The van der Waals surface area contributed by atoms with Crippen molar-refractivity contribution in [3.05, 3.63) is 127 Å². The van der Waals surface area contributed by atoms with Crippen molar-refractivity contribution in [2.45, 2.75) is 6.92 Å². The van der Waals surface area contributed by atoms with Crippen LogP contribution in [0.5, 0.6) is 0 Å². The first kappa shape index (κ1) is 19.1. The summed E-state index contributed by atoms with van der Waals surface area (Å²) in [6.45, 7) is 2.17. The Kier molecular flexibility index (Phi) is 4.13. The summed E-state index contributed by atoms with van der Waals surface area (Å²) in [5.74, 6) is 0. The van der Waals surface area contributed by atoms with E-state index in [-0.39, 0.29) is 0 Å². The highest BCUT2D eigenvalue weighted by atomic mass is 15.0. The molecule has 1 aromatic heterocycles. The number of aryl methyl sites for hydroxylation is 1. The van der Waals surface area contributed by atoms with Crippen LogP contribution in [0.3, 0.4) is 0 Å². The number of nitrogens with zero attached hydrogens (tertiary/aromatic N) is 1. The molecule has 0 spiro atoms. The quantitative estimate of drug-likeness (QED) is 0.262. The van der Waals surface area contributed by atoms with E-state index in [1.165, 1.54) is 66.8 Å². The van der Waals surface area contributed by atoms with Crippen LogP contribution >= 0.6 is 0 Å². The van der Waals surface area contributed by atoms with Crippen molar-refractivity contribution in [2.75, 3.05) is 0 Å². The first-order valence-corrected chi connectivity index (χ1v) is 11.8. The van der Waals surface area contributed by atoms with Crippen LogP contribution < -0.4 is 0 Å². The Hall–Kier alpha value is -4.36. The molecule has 0 unspecified atom stereocenters. The fourth-order valence-corrected chi connectivity index (χ4v) is 5.62. The second-order valence-electron chi connectivity index (χ2n) is 9.06. The van der Waals surface area contributed by atoms with Crippen LogP contribution in [-0.2, 0) is 0 Å². The average Bonchev–Trinajstić information content (AvgIpc) is 3.40. The minimum absolute atomic E-state index is 1.19. The van der Waals surface area contributed by atoms with Gasteiger partial charge in [0.1, 0.15) is 0 Å². The number of hydrogen-bond acceptors (Lipinski definition) is 0. The summed E-state index contributed by atoms with van der Waals surface area (Å²) in [6.07, 6.45) is 0. The minimum Gasteiger partial charge on any atom is -0.308 e. The molecule has 34 heavy (non-hydrogen) atoms. The normalized spacial score (nSPS) is 11.7. The van der Waals surface area contributed by atoms with Gasteiger partial charge in [0.2, 0.25) is 0 Å². The van der Waals surface area contributed by atoms with Gasteiger partial charge in [-0.25, -0.2) is 0 Å². The van der Waals surface area contributed by atoms with E-state index in [1.807, 2.05) is 0 Å². The summed E-state index contributed by atoms with van der Waals surface area (Å²) in [5, 5.41) is 2.66. The Morgan fingerprint density at radius 2 is 1.03 bits per heavy atom. The zero-order valence-electron chi connectivity index (χ0n) is 19.0. The summed E-state index contributed by atoms with van der Waals surface area (Å²) < 4.78 is 2.48. The van der Waals surface area contributed by atoms with Crippen LogP contribution in [-0.4, -0.2) is 4.57 Å². The summed E-state index contributed by atoms with van der Waals surface area (Å²) in [6, 6.07) is 44.0. The molecule has 6 aromatic rings. The highest BCUT2D eigenvalue weighted by Crippen LogP contribution is 2.57. The third-order valence-electron chi connectivity index (χ3n) is 6.97. The van der Waals surface area contributed by atoms with E-state index >= 15 is 0 Å². The maximum Gasteiger partial charge on any atom is 0.0620 e. The van der Waals surface area contributed by atoms with Crippen LogP contribution in [0.15, 0.2) is 121 Å². The van der Waals surface area contributed by atoms with E-state index in [9.17, 15) is 0 Å². The molecule has 0 atom stereocenters. The van der Waals surface area contributed by atoms with Gasteiger partial charge in [-0.05, 0) is 57.6 Å². The van der Waals surface area contributed by atoms with Crippen molar-refractivity contribution in [1.82, 2.24) is 4.57 Å². The lowest BCUT2D eigenvalue weighted by Crippen LogP contribution is -2.01.